The number of hydrogen-bond acceptors (Lipinski definition) is 2. The first-order valence-corrected chi connectivity index (χ1v) is 9.50. The summed E-state index contributed by atoms with van der Waals surface area (Å²) >= 11 is 0. The van der Waals surface area contributed by atoms with Crippen LogP contribution in [0.25, 0.3) is 16.6 Å². The van der Waals surface area contributed by atoms with E-state index in [0.29, 0.717) is 12.0 Å². The minimum absolute atomic E-state index is 0.167. The van der Waals surface area contributed by atoms with Crippen LogP contribution in [-0.4, -0.2) is 20.7 Å². The van der Waals surface area contributed by atoms with Gasteiger partial charge in [0.05, 0.1) is 12.2 Å². The number of aromatic nitrogens is 3. The van der Waals surface area contributed by atoms with E-state index in [-0.39, 0.29) is 17.6 Å². The Balaban J connectivity index is 1.44. The summed E-state index contributed by atoms with van der Waals surface area (Å²) in [6, 6.07) is 10.7. The molecule has 1 aliphatic carbocycles. The quantitative estimate of drug-likeness (QED) is 0.541. The van der Waals surface area contributed by atoms with Crippen molar-refractivity contribution in [3.05, 3.63) is 83.3 Å². The van der Waals surface area contributed by atoms with E-state index in [1.807, 2.05) is 24.4 Å². The van der Waals surface area contributed by atoms with Crippen LogP contribution >= 0.6 is 0 Å². The molecule has 2 aromatic carbocycles. The van der Waals surface area contributed by atoms with Crippen molar-refractivity contribution in [2.24, 2.45) is 0 Å². The molecule has 0 bridgehead atoms. The van der Waals surface area contributed by atoms with Crippen LogP contribution in [0, 0.1) is 11.6 Å². The second kappa shape index (κ2) is 6.84. The molecule has 1 atom stereocenters. The summed E-state index contributed by atoms with van der Waals surface area (Å²) in [6.07, 6.45) is 5.83. The van der Waals surface area contributed by atoms with E-state index in [9.17, 15) is 13.6 Å². The van der Waals surface area contributed by atoms with E-state index in [1.165, 1.54) is 16.8 Å². The third-order valence-corrected chi connectivity index (χ3v) is 5.44. The lowest BCUT2D eigenvalue weighted by Crippen LogP contribution is -2.31. The minimum atomic E-state index is -0.665. The molecule has 1 aliphatic rings. The maximum Gasteiger partial charge on any atom is 0.251 e. The molecule has 0 saturated heterocycles. The summed E-state index contributed by atoms with van der Waals surface area (Å²) in [4.78, 5) is 15.9. The van der Waals surface area contributed by atoms with Crippen LogP contribution in [0.5, 0.6) is 0 Å². The lowest BCUT2D eigenvalue weighted by molar-refractivity contribution is 0.0933. The number of fused-ring (bicyclic) bond motifs is 2. The summed E-state index contributed by atoms with van der Waals surface area (Å²) in [5.74, 6) is -1.46. The number of carbonyl (C=O) groups is 1. The fraction of sp³-hybridized carbons (Fsp3) is 0.182. The van der Waals surface area contributed by atoms with Gasteiger partial charge in [0.15, 0.2) is 5.82 Å². The Labute approximate surface area is 165 Å². The van der Waals surface area contributed by atoms with E-state index >= 15 is 0 Å². The van der Waals surface area contributed by atoms with Crippen molar-refractivity contribution in [1.29, 1.82) is 0 Å². The zero-order valence-electron chi connectivity index (χ0n) is 15.5. The summed E-state index contributed by atoms with van der Waals surface area (Å²) in [7, 11) is 0. The van der Waals surface area contributed by atoms with Crippen molar-refractivity contribution >= 4 is 16.8 Å². The average molecular weight is 392 g/mol. The van der Waals surface area contributed by atoms with Crippen LogP contribution in [0.2, 0.25) is 0 Å². The molecule has 7 heteroatoms. The summed E-state index contributed by atoms with van der Waals surface area (Å²) in [5.41, 5.74) is 3.39. The largest absolute Gasteiger partial charge is 0.361 e. The van der Waals surface area contributed by atoms with Crippen molar-refractivity contribution in [3.8, 4) is 5.69 Å². The van der Waals surface area contributed by atoms with Gasteiger partial charge in [0, 0.05) is 34.6 Å². The van der Waals surface area contributed by atoms with Crippen LogP contribution < -0.4 is 5.32 Å². The molecular formula is C22H18F2N4O. The summed E-state index contributed by atoms with van der Waals surface area (Å²) in [6.45, 7) is 0. The Morgan fingerprint density at radius 3 is 2.93 bits per heavy atom. The van der Waals surface area contributed by atoms with Gasteiger partial charge in [0.2, 0.25) is 0 Å². The molecule has 0 spiro atoms. The first-order valence-electron chi connectivity index (χ1n) is 9.50. The average Bonchev–Trinajstić information content (AvgIpc) is 3.35. The molecule has 0 aliphatic heterocycles. The van der Waals surface area contributed by atoms with Crippen LogP contribution in [0.15, 0.2) is 54.9 Å². The number of amides is 1. The SMILES string of the molecule is O=C(NC1CCCc2c1cnn2-c1ccc(F)cc1F)c1ccc2cc[nH]c2c1. The van der Waals surface area contributed by atoms with E-state index in [1.54, 1.807) is 12.3 Å². The van der Waals surface area contributed by atoms with Crippen molar-refractivity contribution < 1.29 is 13.6 Å². The molecule has 5 nitrogen and oxygen atoms in total. The standard InChI is InChI=1S/C22H18F2N4O/c23-15-6-7-21(17(24)11-15)28-20-3-1-2-18(16(20)12-26-28)27-22(29)14-5-4-13-8-9-25-19(13)10-14/h4-12,18,25H,1-3H2,(H,27,29). The van der Waals surface area contributed by atoms with E-state index < -0.39 is 11.6 Å². The number of carbonyl (C=O) groups excluding carboxylic acids is 1. The fourth-order valence-electron chi connectivity index (χ4n) is 4.00. The topological polar surface area (TPSA) is 62.7 Å². The molecule has 29 heavy (non-hydrogen) atoms. The predicted octanol–water partition coefficient (Wildman–Crippen LogP) is 4.44. The predicted molar refractivity (Wildman–Crippen MR) is 105 cm³/mol. The van der Waals surface area contributed by atoms with Crippen LogP contribution in [0.1, 0.15) is 40.5 Å². The maximum absolute atomic E-state index is 14.2. The van der Waals surface area contributed by atoms with Gasteiger partial charge in [-0.3, -0.25) is 4.79 Å². The van der Waals surface area contributed by atoms with Gasteiger partial charge < -0.3 is 10.3 Å². The fourth-order valence-corrected chi connectivity index (χ4v) is 4.00. The second-order valence-electron chi connectivity index (χ2n) is 7.25. The van der Waals surface area contributed by atoms with Gasteiger partial charge in [0.25, 0.3) is 5.91 Å². The van der Waals surface area contributed by atoms with Crippen LogP contribution in [0.4, 0.5) is 8.78 Å². The molecule has 1 amide bonds. The molecule has 5 rings (SSSR count). The van der Waals surface area contributed by atoms with Crippen molar-refractivity contribution in [2.45, 2.75) is 25.3 Å². The normalized spacial score (nSPS) is 16.0. The molecule has 0 saturated carbocycles. The highest BCUT2D eigenvalue weighted by atomic mass is 19.1. The highest BCUT2D eigenvalue weighted by Crippen LogP contribution is 2.32. The number of rotatable bonds is 3. The molecule has 2 heterocycles. The zero-order chi connectivity index (χ0) is 20.0. The molecular weight excluding hydrogens is 374 g/mol. The van der Waals surface area contributed by atoms with E-state index in [4.69, 9.17) is 0 Å². The molecule has 4 aromatic rings. The maximum atomic E-state index is 14.2. The van der Waals surface area contributed by atoms with E-state index in [2.05, 4.69) is 15.4 Å². The van der Waals surface area contributed by atoms with Gasteiger partial charge >= 0.3 is 0 Å². The summed E-state index contributed by atoms with van der Waals surface area (Å²) < 4.78 is 29.0. The van der Waals surface area contributed by atoms with Gasteiger partial charge in [-0.15, -0.1) is 0 Å². The zero-order valence-corrected chi connectivity index (χ0v) is 15.5. The number of benzene rings is 2. The number of halogens is 2. The third kappa shape index (κ3) is 3.08. The summed E-state index contributed by atoms with van der Waals surface area (Å²) in [5, 5.41) is 8.44. The van der Waals surface area contributed by atoms with Crippen LogP contribution in [-0.2, 0) is 6.42 Å². The number of aromatic amines is 1. The molecule has 1 unspecified atom stereocenters. The Hall–Kier alpha value is -3.48. The lowest BCUT2D eigenvalue weighted by atomic mass is 9.92. The molecule has 146 valence electrons. The first kappa shape index (κ1) is 17.6. The number of nitrogens with zero attached hydrogens (tertiary/aromatic N) is 2. The Bertz CT molecular complexity index is 1230. The van der Waals surface area contributed by atoms with Gasteiger partial charge in [-0.1, -0.05) is 6.07 Å². The van der Waals surface area contributed by atoms with Crippen molar-refractivity contribution in [3.63, 3.8) is 0 Å². The molecule has 0 fully saturated rings. The number of hydrogen-bond donors (Lipinski definition) is 2. The third-order valence-electron chi connectivity index (χ3n) is 5.44. The lowest BCUT2D eigenvalue weighted by Gasteiger charge is -2.24. The highest BCUT2D eigenvalue weighted by molar-refractivity contribution is 5.98. The number of H-pyrrole nitrogens is 1. The number of nitrogens with one attached hydrogen (secondary N) is 2. The van der Waals surface area contributed by atoms with Gasteiger partial charge in [-0.05, 0) is 55.0 Å². The first-order chi connectivity index (χ1) is 14.1. The van der Waals surface area contributed by atoms with Crippen LogP contribution in [0.3, 0.4) is 0 Å². The van der Waals surface area contributed by atoms with Crippen molar-refractivity contribution in [2.75, 3.05) is 0 Å². The Kier molecular flexibility index (Phi) is 4.16. The smallest absolute Gasteiger partial charge is 0.251 e. The Morgan fingerprint density at radius 1 is 1.17 bits per heavy atom. The minimum Gasteiger partial charge on any atom is -0.361 e. The van der Waals surface area contributed by atoms with Crippen molar-refractivity contribution in [1.82, 2.24) is 20.1 Å². The van der Waals surface area contributed by atoms with Gasteiger partial charge in [0.1, 0.15) is 11.5 Å². The molecule has 0 radical (unpaired) electrons. The molecule has 2 N–H and O–H groups in total. The highest BCUT2D eigenvalue weighted by Gasteiger charge is 2.27. The molecule has 2 aromatic heterocycles. The van der Waals surface area contributed by atoms with Gasteiger partial charge in [-0.2, -0.15) is 5.10 Å². The van der Waals surface area contributed by atoms with E-state index in [0.717, 1.165) is 41.1 Å². The Morgan fingerprint density at radius 2 is 2.07 bits per heavy atom. The monoisotopic (exact) mass is 392 g/mol. The second-order valence-corrected chi connectivity index (χ2v) is 7.25. The van der Waals surface area contributed by atoms with Gasteiger partial charge in [-0.25, -0.2) is 13.5 Å².